The summed E-state index contributed by atoms with van der Waals surface area (Å²) in [6.07, 6.45) is -2.25. The number of unbranched alkanes of at least 4 members (excludes halogenated alkanes) is 2. The van der Waals surface area contributed by atoms with E-state index in [0.29, 0.717) is 6.42 Å². The minimum Gasteiger partial charge on any atom is -0.395 e. The molecule has 0 fully saturated rings. The molecule has 0 unspecified atom stereocenters. The van der Waals surface area contributed by atoms with Gasteiger partial charge in [0, 0.05) is 18.7 Å². The highest BCUT2D eigenvalue weighted by Gasteiger charge is 2.32. The lowest BCUT2D eigenvalue weighted by molar-refractivity contribution is -0.124. The average molecular weight is 359 g/mol. The smallest absolute Gasteiger partial charge is 0.395 e. The molecule has 0 saturated carbocycles. The number of nitrogens with two attached hydrogens (primary N) is 1. The maximum Gasteiger partial charge on any atom is 0.430 e. The van der Waals surface area contributed by atoms with Gasteiger partial charge >= 0.3 is 6.18 Å². The van der Waals surface area contributed by atoms with Crippen molar-refractivity contribution in [3.63, 3.8) is 0 Å². The van der Waals surface area contributed by atoms with Crippen molar-refractivity contribution in [3.8, 4) is 0 Å². The van der Waals surface area contributed by atoms with Gasteiger partial charge in [0.15, 0.2) is 0 Å². The molecule has 138 valence electrons. The summed E-state index contributed by atoms with van der Waals surface area (Å²) in [4.78, 5) is 13.5. The van der Waals surface area contributed by atoms with E-state index in [1.807, 2.05) is 6.92 Å². The highest BCUT2D eigenvalue weighted by molar-refractivity contribution is 6.42. The molecule has 25 heavy (non-hydrogen) atoms. The third-order valence-corrected chi connectivity index (χ3v) is 3.50. The minimum absolute atomic E-state index is 0.128. The summed E-state index contributed by atoms with van der Waals surface area (Å²) in [6.45, 7) is 2.04. The highest BCUT2D eigenvalue weighted by atomic mass is 19.4. The Balaban J connectivity index is 2.96. The fourth-order valence-electron chi connectivity index (χ4n) is 2.11. The predicted molar refractivity (Wildman–Crippen MR) is 87.4 cm³/mol. The number of nitrogens with one attached hydrogen (secondary N) is 1. The lowest BCUT2D eigenvalue weighted by atomic mass is 10.1. The molecular weight excluding hydrogens is 338 g/mol. The van der Waals surface area contributed by atoms with E-state index in [1.54, 1.807) is 6.07 Å². The summed E-state index contributed by atoms with van der Waals surface area (Å²) in [5.41, 5.74) is 2.67. The summed E-state index contributed by atoms with van der Waals surface area (Å²) >= 11 is 0. The molecule has 8 heteroatoms. The number of carbonyl (C=O) groups is 1. The molecule has 0 heterocycles. The largest absolute Gasteiger partial charge is 0.430 e. The van der Waals surface area contributed by atoms with E-state index in [4.69, 9.17) is 11.1 Å². The first kappa shape index (κ1) is 20.7. The number of amides is 1. The van der Waals surface area contributed by atoms with E-state index in [2.05, 4.69) is 0 Å². The van der Waals surface area contributed by atoms with Gasteiger partial charge in [-0.05, 0) is 18.6 Å². The van der Waals surface area contributed by atoms with E-state index >= 15 is 0 Å². The summed E-state index contributed by atoms with van der Waals surface area (Å²) in [5.74, 6) is -1.45. The van der Waals surface area contributed by atoms with Crippen molar-refractivity contribution in [2.24, 2.45) is 5.73 Å². The van der Waals surface area contributed by atoms with Crippen molar-refractivity contribution in [2.75, 3.05) is 6.54 Å². The van der Waals surface area contributed by atoms with Crippen molar-refractivity contribution >= 4 is 11.6 Å². The zero-order valence-electron chi connectivity index (χ0n) is 13.9. The van der Waals surface area contributed by atoms with Crippen LogP contribution in [0.3, 0.4) is 0 Å². The first-order chi connectivity index (χ1) is 11.7. The number of nitrogens with zero attached hydrogens (tertiary/aromatic N) is 1. The molecule has 0 radical (unpaired) electrons. The number of hydrogen-bond acceptors (Lipinski definition) is 3. The van der Waals surface area contributed by atoms with Crippen LogP contribution in [0.1, 0.15) is 31.7 Å². The van der Waals surface area contributed by atoms with Crippen LogP contribution in [0.5, 0.6) is 0 Å². The van der Waals surface area contributed by atoms with Gasteiger partial charge in [-0.1, -0.05) is 38.0 Å². The fraction of sp³-hybridized carbons (Fsp3) is 0.412. The van der Waals surface area contributed by atoms with Crippen LogP contribution >= 0.6 is 0 Å². The van der Waals surface area contributed by atoms with Crippen LogP contribution in [-0.4, -0.2) is 29.2 Å². The molecule has 0 atom stereocenters. The number of allylic oxidation sites excluding steroid dienone is 1. The topological polar surface area (TPSA) is 70.2 Å². The Morgan fingerprint density at radius 1 is 1.28 bits per heavy atom. The maximum atomic E-state index is 13.8. The van der Waals surface area contributed by atoms with Gasteiger partial charge in [0.05, 0.1) is 0 Å². The fourth-order valence-corrected chi connectivity index (χ4v) is 2.11. The normalized spacial score (nSPS) is 12.1. The highest BCUT2D eigenvalue weighted by Crippen LogP contribution is 2.21. The number of halogens is 4. The molecule has 1 aromatic carbocycles. The summed E-state index contributed by atoms with van der Waals surface area (Å²) in [7, 11) is 0. The van der Waals surface area contributed by atoms with Crippen molar-refractivity contribution < 1.29 is 22.4 Å². The summed E-state index contributed by atoms with van der Waals surface area (Å²) in [6, 6.07) is 5.81. The van der Waals surface area contributed by atoms with E-state index < -0.39 is 29.3 Å². The maximum absolute atomic E-state index is 13.8. The van der Waals surface area contributed by atoms with Gasteiger partial charge in [-0.3, -0.25) is 10.2 Å². The van der Waals surface area contributed by atoms with Crippen LogP contribution < -0.4 is 5.73 Å². The summed E-state index contributed by atoms with van der Waals surface area (Å²) < 4.78 is 51.2. The third-order valence-electron chi connectivity index (χ3n) is 3.50. The first-order valence-electron chi connectivity index (χ1n) is 7.82. The second kappa shape index (κ2) is 9.19. The molecule has 4 nitrogen and oxygen atoms in total. The molecular formula is C17H21F4N3O. The Morgan fingerprint density at radius 2 is 1.92 bits per heavy atom. The molecule has 0 aromatic heterocycles. The van der Waals surface area contributed by atoms with Gasteiger partial charge in [0.2, 0.25) is 0 Å². The standard InChI is InChI=1S/C17H21F4N3O/c1-2-3-6-9-24(11-12-7-4-5-8-13(12)18)16(25)14(22)10-15(23)17(19,20)21/h4-5,7-8,10,22H,2-3,6,9,11,23H2,1H3. The third kappa shape index (κ3) is 6.56. The predicted octanol–water partition coefficient (Wildman–Crippen LogP) is 3.77. The second-order valence-corrected chi connectivity index (χ2v) is 5.54. The zero-order chi connectivity index (χ0) is 19.0. The van der Waals surface area contributed by atoms with Crippen molar-refractivity contribution in [1.29, 1.82) is 5.41 Å². The molecule has 0 spiro atoms. The van der Waals surface area contributed by atoms with Crippen LogP contribution in [0.4, 0.5) is 17.6 Å². The molecule has 1 aromatic rings. The molecule has 0 bridgehead atoms. The van der Waals surface area contributed by atoms with Crippen molar-refractivity contribution in [3.05, 3.63) is 47.4 Å². The molecule has 3 N–H and O–H groups in total. The molecule has 0 aliphatic heterocycles. The average Bonchev–Trinajstić information content (AvgIpc) is 2.54. The Morgan fingerprint density at radius 3 is 2.48 bits per heavy atom. The number of benzene rings is 1. The number of rotatable bonds is 8. The van der Waals surface area contributed by atoms with E-state index in [0.717, 1.165) is 17.7 Å². The molecule has 1 rings (SSSR count). The van der Waals surface area contributed by atoms with Gasteiger partial charge in [0.25, 0.3) is 5.91 Å². The quantitative estimate of drug-likeness (QED) is 0.421. The Hall–Kier alpha value is -2.38. The molecule has 0 aliphatic rings. The Kier molecular flexibility index (Phi) is 7.60. The zero-order valence-corrected chi connectivity index (χ0v) is 13.9. The van der Waals surface area contributed by atoms with Crippen LogP contribution in [-0.2, 0) is 11.3 Å². The lowest BCUT2D eigenvalue weighted by Gasteiger charge is -2.23. The van der Waals surface area contributed by atoms with Gasteiger partial charge < -0.3 is 10.6 Å². The first-order valence-corrected chi connectivity index (χ1v) is 7.82. The lowest BCUT2D eigenvalue weighted by Crippen LogP contribution is -2.37. The van der Waals surface area contributed by atoms with Crippen LogP contribution in [0, 0.1) is 11.2 Å². The van der Waals surface area contributed by atoms with E-state index in [1.165, 1.54) is 18.2 Å². The van der Waals surface area contributed by atoms with Gasteiger partial charge in [-0.15, -0.1) is 0 Å². The molecule has 1 amide bonds. The van der Waals surface area contributed by atoms with Gasteiger partial charge in [-0.2, -0.15) is 13.2 Å². The Bertz CT molecular complexity index is 641. The Labute approximate surface area is 143 Å². The van der Waals surface area contributed by atoms with Crippen molar-refractivity contribution in [2.45, 2.75) is 38.9 Å². The van der Waals surface area contributed by atoms with Crippen LogP contribution in [0.2, 0.25) is 0 Å². The minimum atomic E-state index is -4.81. The monoisotopic (exact) mass is 359 g/mol. The van der Waals surface area contributed by atoms with Gasteiger partial charge in [-0.25, -0.2) is 4.39 Å². The molecule has 0 aliphatic carbocycles. The number of hydrogen-bond donors (Lipinski definition) is 2. The van der Waals surface area contributed by atoms with Crippen molar-refractivity contribution in [1.82, 2.24) is 4.90 Å². The van der Waals surface area contributed by atoms with E-state index in [9.17, 15) is 22.4 Å². The van der Waals surface area contributed by atoms with E-state index in [-0.39, 0.29) is 24.7 Å². The number of alkyl halides is 3. The van der Waals surface area contributed by atoms with Crippen LogP contribution in [0.15, 0.2) is 36.0 Å². The SMILES string of the molecule is CCCCCN(Cc1ccccc1F)C(=O)C(=N)C=C(N)C(F)(F)F. The number of carbonyl (C=O) groups excluding carboxylic acids is 1. The van der Waals surface area contributed by atoms with Crippen LogP contribution in [0.25, 0.3) is 0 Å². The second-order valence-electron chi connectivity index (χ2n) is 5.54. The summed E-state index contributed by atoms with van der Waals surface area (Å²) in [5, 5.41) is 7.59. The molecule has 0 saturated heterocycles. The van der Waals surface area contributed by atoms with Gasteiger partial charge in [0.1, 0.15) is 17.2 Å².